The summed E-state index contributed by atoms with van der Waals surface area (Å²) in [6, 6.07) is 9.33. The second kappa shape index (κ2) is 2.43. The lowest BCUT2D eigenvalue weighted by Crippen LogP contribution is -2.15. The Morgan fingerprint density at radius 3 is 3.13 bits per heavy atom. The molecule has 4 rings (SSSR count). The van der Waals surface area contributed by atoms with Gasteiger partial charge in [0.15, 0.2) is 0 Å². The molecule has 0 saturated heterocycles. The zero-order chi connectivity index (χ0) is 9.83. The Kier molecular flexibility index (Phi) is 1.22. The van der Waals surface area contributed by atoms with Gasteiger partial charge in [0.1, 0.15) is 0 Å². The number of hydrogen-bond donors (Lipinski definition) is 0. The Hall–Kier alpha value is -1.76. The van der Waals surface area contributed by atoms with Gasteiger partial charge in [-0.1, -0.05) is 36.4 Å². The van der Waals surface area contributed by atoms with Crippen molar-refractivity contribution in [1.29, 1.82) is 0 Å². The van der Waals surface area contributed by atoms with Gasteiger partial charge in [-0.2, -0.15) is 0 Å². The predicted molar refractivity (Wildman–Crippen MR) is 60.8 cm³/mol. The molecule has 72 valence electrons. The molecular formula is C14H11N. The highest BCUT2D eigenvalue weighted by Gasteiger charge is 2.38. The van der Waals surface area contributed by atoms with Crippen molar-refractivity contribution >= 4 is 5.70 Å². The Balaban J connectivity index is 2.04. The topological polar surface area (TPSA) is 3.24 Å². The van der Waals surface area contributed by atoms with Gasteiger partial charge >= 0.3 is 0 Å². The predicted octanol–water partition coefficient (Wildman–Crippen LogP) is 3.24. The van der Waals surface area contributed by atoms with Crippen molar-refractivity contribution < 1.29 is 0 Å². The third-order valence-electron chi connectivity index (χ3n) is 3.52. The molecular weight excluding hydrogens is 182 g/mol. The van der Waals surface area contributed by atoms with Crippen LogP contribution in [0.3, 0.4) is 0 Å². The van der Waals surface area contributed by atoms with Crippen LogP contribution >= 0.6 is 0 Å². The van der Waals surface area contributed by atoms with Crippen LogP contribution in [0.4, 0.5) is 0 Å². The number of rotatable bonds is 0. The molecule has 0 saturated carbocycles. The number of benzene rings is 1. The van der Waals surface area contributed by atoms with Crippen LogP contribution in [0.1, 0.15) is 23.6 Å². The summed E-state index contributed by atoms with van der Waals surface area (Å²) < 4.78 is 0. The van der Waals surface area contributed by atoms with E-state index in [1.165, 1.54) is 22.5 Å². The highest BCUT2D eigenvalue weighted by Crippen LogP contribution is 2.50. The third-order valence-corrected chi connectivity index (χ3v) is 3.52. The fourth-order valence-corrected chi connectivity index (χ4v) is 2.90. The molecule has 1 aromatic rings. The first-order chi connectivity index (χ1) is 7.45. The second-order valence-electron chi connectivity index (χ2n) is 4.25. The van der Waals surface area contributed by atoms with E-state index >= 15 is 0 Å². The van der Waals surface area contributed by atoms with Crippen molar-refractivity contribution in [2.24, 2.45) is 0 Å². The van der Waals surface area contributed by atoms with E-state index in [0.29, 0.717) is 6.04 Å². The molecule has 0 spiro atoms. The number of fused-ring (bicyclic) bond motifs is 3. The van der Waals surface area contributed by atoms with Crippen molar-refractivity contribution in [3.8, 4) is 0 Å². The van der Waals surface area contributed by atoms with Crippen molar-refractivity contribution in [1.82, 2.24) is 4.90 Å². The fraction of sp³-hybridized carbons (Fsp3) is 0.143. The average Bonchev–Trinajstić information content (AvgIpc) is 2.85. The molecule has 1 heteroatoms. The van der Waals surface area contributed by atoms with Crippen LogP contribution in [-0.2, 0) is 0 Å². The average molecular weight is 193 g/mol. The summed E-state index contributed by atoms with van der Waals surface area (Å²) in [5.74, 6) is 0. The monoisotopic (exact) mass is 193 g/mol. The molecule has 3 aliphatic heterocycles. The number of allylic oxidation sites excluding steroid dienone is 3. The first-order valence-corrected chi connectivity index (χ1v) is 5.42. The van der Waals surface area contributed by atoms with Crippen LogP contribution in [0.2, 0.25) is 0 Å². The standard InChI is InChI=1S/C14H11N/c1-2-6-12-11(5-1)13-7-3-4-10-8-9-14(12)15(10)13/h1-8,14H,9H2. The van der Waals surface area contributed by atoms with Gasteiger partial charge in [-0.25, -0.2) is 0 Å². The normalized spacial score (nSPS) is 24.8. The van der Waals surface area contributed by atoms with Crippen LogP contribution < -0.4 is 0 Å². The van der Waals surface area contributed by atoms with Gasteiger partial charge in [0.05, 0.1) is 6.04 Å². The molecule has 0 aromatic heterocycles. The number of hydrogen-bond acceptors (Lipinski definition) is 1. The van der Waals surface area contributed by atoms with Crippen LogP contribution in [0.5, 0.6) is 0 Å². The van der Waals surface area contributed by atoms with Crippen molar-refractivity contribution in [2.75, 3.05) is 0 Å². The van der Waals surface area contributed by atoms with E-state index in [1.807, 2.05) is 0 Å². The number of nitrogens with zero attached hydrogens (tertiary/aromatic N) is 1. The van der Waals surface area contributed by atoms with Gasteiger partial charge in [0.2, 0.25) is 0 Å². The molecule has 0 bridgehead atoms. The molecule has 0 amide bonds. The molecule has 3 aliphatic rings. The van der Waals surface area contributed by atoms with Gasteiger partial charge in [-0.15, -0.1) is 0 Å². The molecule has 1 nitrogen and oxygen atoms in total. The quantitative estimate of drug-likeness (QED) is 0.611. The molecule has 1 unspecified atom stereocenters. The summed E-state index contributed by atoms with van der Waals surface area (Å²) in [6.07, 6.45) is 10.1. The molecule has 0 N–H and O–H groups in total. The van der Waals surface area contributed by atoms with Crippen LogP contribution in [0, 0.1) is 0 Å². The van der Waals surface area contributed by atoms with E-state index in [-0.39, 0.29) is 0 Å². The molecule has 0 fully saturated rings. The second-order valence-corrected chi connectivity index (χ2v) is 4.25. The lowest BCUT2D eigenvalue weighted by molar-refractivity contribution is 0.433. The van der Waals surface area contributed by atoms with Crippen molar-refractivity contribution in [2.45, 2.75) is 12.5 Å². The Morgan fingerprint density at radius 1 is 1.20 bits per heavy atom. The van der Waals surface area contributed by atoms with Gasteiger partial charge in [-0.3, -0.25) is 0 Å². The maximum Gasteiger partial charge on any atom is 0.0633 e. The smallest absolute Gasteiger partial charge is 0.0633 e. The van der Waals surface area contributed by atoms with E-state index in [1.54, 1.807) is 0 Å². The van der Waals surface area contributed by atoms with E-state index in [9.17, 15) is 0 Å². The highest BCUT2D eigenvalue weighted by molar-refractivity contribution is 5.77. The van der Waals surface area contributed by atoms with Crippen LogP contribution in [0.15, 0.2) is 54.3 Å². The first-order valence-electron chi connectivity index (χ1n) is 5.42. The zero-order valence-corrected chi connectivity index (χ0v) is 8.35. The summed E-state index contributed by atoms with van der Waals surface area (Å²) in [4.78, 5) is 2.46. The van der Waals surface area contributed by atoms with Gasteiger partial charge in [-0.05, 0) is 24.1 Å². The van der Waals surface area contributed by atoms with E-state index < -0.39 is 0 Å². The maximum absolute atomic E-state index is 2.46. The van der Waals surface area contributed by atoms with Crippen molar-refractivity contribution in [3.05, 3.63) is 65.4 Å². The summed E-state index contributed by atoms with van der Waals surface area (Å²) in [5, 5.41) is 0. The van der Waals surface area contributed by atoms with Crippen molar-refractivity contribution in [3.63, 3.8) is 0 Å². The third kappa shape index (κ3) is 0.793. The lowest BCUT2D eigenvalue weighted by atomic mass is 10.0. The van der Waals surface area contributed by atoms with Gasteiger partial charge in [0.25, 0.3) is 0 Å². The molecule has 3 heterocycles. The molecule has 15 heavy (non-hydrogen) atoms. The van der Waals surface area contributed by atoms with E-state index in [2.05, 4.69) is 53.5 Å². The first kappa shape index (κ1) is 7.52. The molecule has 1 atom stereocenters. The van der Waals surface area contributed by atoms with Crippen LogP contribution in [0.25, 0.3) is 5.70 Å². The molecule has 0 aliphatic carbocycles. The molecule has 1 aromatic carbocycles. The van der Waals surface area contributed by atoms with Gasteiger partial charge in [0, 0.05) is 17.0 Å². The minimum atomic E-state index is 0.562. The summed E-state index contributed by atoms with van der Waals surface area (Å²) >= 11 is 0. The van der Waals surface area contributed by atoms with E-state index in [4.69, 9.17) is 0 Å². The van der Waals surface area contributed by atoms with Crippen LogP contribution in [-0.4, -0.2) is 4.90 Å². The SMILES string of the molecule is C1=CC2=CCC3c4ccccc4C(=C1)N23. The summed E-state index contributed by atoms with van der Waals surface area (Å²) in [6.45, 7) is 0. The highest BCUT2D eigenvalue weighted by atomic mass is 15.2. The van der Waals surface area contributed by atoms with E-state index in [0.717, 1.165) is 6.42 Å². The zero-order valence-electron chi connectivity index (χ0n) is 8.35. The minimum Gasteiger partial charge on any atom is -0.333 e. The Labute approximate surface area is 89.0 Å². The molecule has 0 radical (unpaired) electrons. The maximum atomic E-state index is 2.46. The lowest BCUT2D eigenvalue weighted by Gasteiger charge is -2.24. The largest absolute Gasteiger partial charge is 0.333 e. The summed E-state index contributed by atoms with van der Waals surface area (Å²) in [7, 11) is 0. The van der Waals surface area contributed by atoms with Gasteiger partial charge < -0.3 is 4.90 Å². The Bertz CT molecular complexity index is 534. The summed E-state index contributed by atoms with van der Waals surface area (Å²) in [5.41, 5.74) is 5.65. The minimum absolute atomic E-state index is 0.562. The Morgan fingerprint density at radius 2 is 2.13 bits per heavy atom. The fourth-order valence-electron chi connectivity index (χ4n) is 2.90.